The molecule has 7 atom stereocenters. The number of unbranched alkanes of at least 4 members (excludes halogenated alkanes) is 26. The van der Waals surface area contributed by atoms with E-state index in [-0.39, 0.29) is 12.5 Å². The third-order valence-electron chi connectivity index (χ3n) is 11.0. The Hall–Kier alpha value is -1.33. The second kappa shape index (κ2) is 37.0. The molecule has 7 unspecified atom stereocenters. The fourth-order valence-electron chi connectivity index (χ4n) is 7.27. The molecule has 1 heterocycles. The van der Waals surface area contributed by atoms with Crippen LogP contribution in [0.3, 0.4) is 0 Å². The molecule has 0 aromatic rings. The summed E-state index contributed by atoms with van der Waals surface area (Å²) in [6.45, 7) is 3.74. The van der Waals surface area contributed by atoms with Crippen molar-refractivity contribution >= 4 is 5.91 Å². The molecule has 1 aliphatic rings. The maximum absolute atomic E-state index is 12.9. The minimum atomic E-state index is -1.56. The Morgan fingerprint density at radius 3 is 1.47 bits per heavy atom. The van der Waals surface area contributed by atoms with Gasteiger partial charge in [-0.15, -0.1) is 0 Å². The molecule has 1 rings (SSSR count). The van der Waals surface area contributed by atoms with Crippen molar-refractivity contribution in [1.29, 1.82) is 0 Å². The Morgan fingerprint density at radius 1 is 0.600 bits per heavy atom. The Labute approximate surface area is 337 Å². The lowest BCUT2D eigenvalue weighted by atomic mass is 9.99. The van der Waals surface area contributed by atoms with Gasteiger partial charge in [0.2, 0.25) is 5.91 Å². The van der Waals surface area contributed by atoms with E-state index in [4.69, 9.17) is 9.47 Å². The number of aliphatic hydroxyl groups excluding tert-OH is 5. The SMILES string of the molecule is CCCCCCCCC/C=C/C(O)C(COC1OC(CO)C(O)C(O)C1O)NC(=O)CCCCCCCCC/C=C\CCCCCCCCCCCCCC. The Kier molecular flexibility index (Phi) is 34.7. The van der Waals surface area contributed by atoms with Crippen molar-refractivity contribution in [3.8, 4) is 0 Å². The van der Waals surface area contributed by atoms with Crippen LogP contribution in [-0.2, 0) is 14.3 Å². The van der Waals surface area contributed by atoms with Gasteiger partial charge in [0.1, 0.15) is 24.4 Å². The van der Waals surface area contributed by atoms with Gasteiger partial charge in [-0.2, -0.15) is 0 Å². The van der Waals surface area contributed by atoms with Crippen LogP contribution in [0.5, 0.6) is 0 Å². The molecule has 9 nitrogen and oxygen atoms in total. The summed E-state index contributed by atoms with van der Waals surface area (Å²) in [4.78, 5) is 12.9. The molecule has 1 amide bonds. The highest BCUT2D eigenvalue weighted by atomic mass is 16.7. The minimum Gasteiger partial charge on any atom is -0.394 e. The highest BCUT2D eigenvalue weighted by molar-refractivity contribution is 5.76. The van der Waals surface area contributed by atoms with E-state index in [0.29, 0.717) is 6.42 Å². The Bertz CT molecular complexity index is 914. The lowest BCUT2D eigenvalue weighted by molar-refractivity contribution is -0.302. The summed E-state index contributed by atoms with van der Waals surface area (Å²) in [7, 11) is 0. The fraction of sp³-hybridized carbons (Fsp3) is 0.891. The first-order valence-corrected chi connectivity index (χ1v) is 23.1. The van der Waals surface area contributed by atoms with E-state index in [1.165, 1.54) is 148 Å². The predicted molar refractivity (Wildman–Crippen MR) is 226 cm³/mol. The highest BCUT2D eigenvalue weighted by Gasteiger charge is 2.44. The van der Waals surface area contributed by atoms with Crippen molar-refractivity contribution < 1.29 is 39.8 Å². The average Bonchev–Trinajstić information content (AvgIpc) is 3.18. The molecular weight excluding hydrogens is 695 g/mol. The molecule has 0 aromatic carbocycles. The summed E-state index contributed by atoms with van der Waals surface area (Å²) >= 11 is 0. The van der Waals surface area contributed by atoms with Crippen LogP contribution in [0.2, 0.25) is 0 Å². The summed E-state index contributed by atoms with van der Waals surface area (Å²) in [5.41, 5.74) is 0. The number of amides is 1. The van der Waals surface area contributed by atoms with E-state index < -0.39 is 49.5 Å². The molecule has 1 fully saturated rings. The first kappa shape index (κ1) is 51.7. The second-order valence-electron chi connectivity index (χ2n) is 16.2. The van der Waals surface area contributed by atoms with Crippen molar-refractivity contribution in [3.63, 3.8) is 0 Å². The quantitative estimate of drug-likeness (QED) is 0.0268. The van der Waals surface area contributed by atoms with Gasteiger partial charge >= 0.3 is 0 Å². The zero-order valence-electron chi connectivity index (χ0n) is 35.4. The van der Waals surface area contributed by atoms with E-state index in [9.17, 15) is 30.3 Å². The molecule has 1 aliphatic heterocycles. The zero-order valence-corrected chi connectivity index (χ0v) is 35.4. The standard InChI is InChI=1S/C46H87NO8/c1-3-5-7-9-11-13-14-15-16-17-18-19-20-21-22-23-24-25-26-28-30-32-34-36-42(50)47-39(40(49)35-33-31-29-27-12-10-8-6-4-2)38-54-46-45(53)44(52)43(51)41(37-48)55-46/h21-22,33,35,39-41,43-46,48-49,51-53H,3-20,23-32,34,36-38H2,1-2H3,(H,47,50)/b22-21-,35-33+. The van der Waals surface area contributed by atoms with E-state index in [1.54, 1.807) is 6.08 Å². The lowest BCUT2D eigenvalue weighted by Gasteiger charge is -2.40. The van der Waals surface area contributed by atoms with Gasteiger partial charge in [-0.25, -0.2) is 0 Å². The van der Waals surface area contributed by atoms with E-state index >= 15 is 0 Å². The Balaban J connectivity index is 2.24. The molecule has 0 spiro atoms. The first-order valence-electron chi connectivity index (χ1n) is 23.1. The van der Waals surface area contributed by atoms with Crippen molar-refractivity contribution in [2.45, 2.75) is 249 Å². The minimum absolute atomic E-state index is 0.183. The van der Waals surface area contributed by atoms with Gasteiger partial charge in [0.15, 0.2) is 6.29 Å². The molecule has 0 bridgehead atoms. The third kappa shape index (κ3) is 27.9. The number of allylic oxidation sites excluding steroid dienone is 3. The summed E-state index contributed by atoms with van der Waals surface area (Å²) < 4.78 is 11.2. The van der Waals surface area contributed by atoms with Gasteiger partial charge < -0.3 is 40.3 Å². The highest BCUT2D eigenvalue weighted by Crippen LogP contribution is 2.22. The van der Waals surface area contributed by atoms with Crippen molar-refractivity contribution in [2.24, 2.45) is 0 Å². The molecule has 0 radical (unpaired) electrons. The smallest absolute Gasteiger partial charge is 0.220 e. The van der Waals surface area contributed by atoms with Crippen molar-refractivity contribution in [1.82, 2.24) is 5.32 Å². The molecular formula is C46H87NO8. The van der Waals surface area contributed by atoms with Crippen LogP contribution < -0.4 is 5.32 Å². The van der Waals surface area contributed by atoms with Gasteiger partial charge in [-0.1, -0.05) is 179 Å². The maximum atomic E-state index is 12.9. The number of carbonyl (C=O) groups excluding carboxylic acids is 1. The monoisotopic (exact) mass is 782 g/mol. The molecule has 0 aliphatic carbocycles. The number of rotatable bonds is 38. The predicted octanol–water partition coefficient (Wildman–Crippen LogP) is 9.50. The van der Waals surface area contributed by atoms with Crippen LogP contribution in [0.25, 0.3) is 0 Å². The van der Waals surface area contributed by atoms with Crippen LogP contribution in [0.1, 0.15) is 206 Å². The second-order valence-corrected chi connectivity index (χ2v) is 16.2. The van der Waals surface area contributed by atoms with Gasteiger partial charge in [-0.3, -0.25) is 4.79 Å². The van der Waals surface area contributed by atoms with E-state index in [1.807, 2.05) is 6.08 Å². The number of hydrogen-bond donors (Lipinski definition) is 6. The van der Waals surface area contributed by atoms with Gasteiger partial charge in [-0.05, 0) is 44.9 Å². The van der Waals surface area contributed by atoms with Gasteiger partial charge in [0.25, 0.3) is 0 Å². The average molecular weight is 782 g/mol. The van der Waals surface area contributed by atoms with Crippen LogP contribution in [-0.4, -0.2) is 87.5 Å². The van der Waals surface area contributed by atoms with Crippen LogP contribution >= 0.6 is 0 Å². The van der Waals surface area contributed by atoms with Crippen LogP contribution in [0.4, 0.5) is 0 Å². The van der Waals surface area contributed by atoms with Crippen LogP contribution in [0.15, 0.2) is 24.3 Å². The largest absolute Gasteiger partial charge is 0.394 e. The van der Waals surface area contributed by atoms with E-state index in [2.05, 4.69) is 31.3 Å². The number of aliphatic hydroxyl groups is 5. The first-order chi connectivity index (χ1) is 26.8. The topological polar surface area (TPSA) is 149 Å². The zero-order chi connectivity index (χ0) is 40.2. The molecule has 0 aromatic heterocycles. The van der Waals surface area contributed by atoms with E-state index in [0.717, 1.165) is 38.5 Å². The summed E-state index contributed by atoms with van der Waals surface area (Å²) in [5.74, 6) is -0.183. The molecule has 1 saturated heterocycles. The third-order valence-corrected chi connectivity index (χ3v) is 11.0. The summed E-state index contributed by atoms with van der Waals surface area (Å²) in [5, 5.41) is 54.0. The Morgan fingerprint density at radius 2 is 1.02 bits per heavy atom. The number of ether oxygens (including phenoxy) is 2. The van der Waals surface area contributed by atoms with Gasteiger partial charge in [0.05, 0.1) is 25.4 Å². The normalized spacial score (nSPS) is 21.5. The molecule has 55 heavy (non-hydrogen) atoms. The molecule has 9 heteroatoms. The van der Waals surface area contributed by atoms with Crippen molar-refractivity contribution in [2.75, 3.05) is 13.2 Å². The molecule has 324 valence electrons. The lowest BCUT2D eigenvalue weighted by Crippen LogP contribution is -2.60. The summed E-state index contributed by atoms with van der Waals surface area (Å²) in [6, 6.07) is -0.802. The number of carbonyl (C=O) groups is 1. The summed E-state index contributed by atoms with van der Waals surface area (Å²) in [6.07, 6.45) is 36.7. The number of hydrogen-bond acceptors (Lipinski definition) is 8. The van der Waals surface area contributed by atoms with Gasteiger partial charge in [0, 0.05) is 6.42 Å². The van der Waals surface area contributed by atoms with Crippen LogP contribution in [0, 0.1) is 0 Å². The molecule has 0 saturated carbocycles. The fourth-order valence-corrected chi connectivity index (χ4v) is 7.27. The molecule has 6 N–H and O–H groups in total. The maximum Gasteiger partial charge on any atom is 0.220 e. The number of nitrogens with one attached hydrogen (secondary N) is 1. The van der Waals surface area contributed by atoms with Crippen molar-refractivity contribution in [3.05, 3.63) is 24.3 Å².